The molecule has 2 unspecified atom stereocenters. The second-order valence-corrected chi connectivity index (χ2v) is 13.4. The Morgan fingerprint density at radius 2 is 1.63 bits per heavy atom. The van der Waals surface area contributed by atoms with Crippen molar-refractivity contribution in [2.24, 2.45) is 5.73 Å². The molecule has 0 fully saturated rings. The van der Waals surface area contributed by atoms with E-state index in [1.807, 2.05) is 48.7 Å². The first kappa shape index (κ1) is 41.6. The Morgan fingerprint density at radius 1 is 0.889 bits per heavy atom. The molecule has 4 aromatic rings. The maximum Gasteiger partial charge on any atom is 0.332 e. The molecule has 2 atom stereocenters. The zero-order valence-electron chi connectivity index (χ0n) is 31.3. The molecule has 0 radical (unpaired) electrons. The number of hydrogen-bond donors (Lipinski definition) is 6. The van der Waals surface area contributed by atoms with Gasteiger partial charge in [-0.1, -0.05) is 62.7 Å². The molecule has 0 aliphatic carbocycles. The fourth-order valence-electron chi connectivity index (χ4n) is 6.20. The predicted molar refractivity (Wildman–Crippen MR) is 207 cm³/mol. The summed E-state index contributed by atoms with van der Waals surface area (Å²) in [7, 11) is 0. The Balaban J connectivity index is 1.56. The van der Waals surface area contributed by atoms with E-state index >= 15 is 0 Å². The highest BCUT2D eigenvalue weighted by Crippen LogP contribution is 2.18. The number of nitrogens with one attached hydrogen (secondary N) is 3. The number of nitrogens with two attached hydrogens (primary N) is 1. The summed E-state index contributed by atoms with van der Waals surface area (Å²) in [5, 5.41) is 27.9. The minimum absolute atomic E-state index is 0.166. The van der Waals surface area contributed by atoms with Crippen LogP contribution in [0.2, 0.25) is 0 Å². The van der Waals surface area contributed by atoms with Crippen LogP contribution in [-0.2, 0) is 46.9 Å². The van der Waals surface area contributed by atoms with Crippen LogP contribution in [0.1, 0.15) is 75.7 Å². The molecule has 0 aliphatic heterocycles. The molecular formula is C39H54N8O7. The van der Waals surface area contributed by atoms with Crippen LogP contribution in [0.25, 0.3) is 11.2 Å². The molecular weight excluding hydrogens is 692 g/mol. The number of anilines is 1. The van der Waals surface area contributed by atoms with Crippen molar-refractivity contribution >= 4 is 34.6 Å². The van der Waals surface area contributed by atoms with Gasteiger partial charge >= 0.3 is 11.7 Å². The zero-order valence-corrected chi connectivity index (χ0v) is 31.3. The van der Waals surface area contributed by atoms with E-state index < -0.39 is 47.6 Å². The van der Waals surface area contributed by atoms with Gasteiger partial charge < -0.3 is 36.5 Å². The number of aliphatic hydroxyl groups is 1. The summed E-state index contributed by atoms with van der Waals surface area (Å²) in [6.07, 6.45) is 3.31. The van der Waals surface area contributed by atoms with E-state index in [1.54, 1.807) is 28.8 Å². The number of fused-ring (bicyclic) bond motifs is 1. The summed E-state index contributed by atoms with van der Waals surface area (Å²) in [5.41, 5.74) is 7.59. The Bertz CT molecular complexity index is 1950. The SMILES string of the molecule is CCCn1c(=O)c2c(nc(Cc3ccccc3)n2CCNCC(O)CC)n(CCc2ccc(NC(=O)C(CC(=O)O)NC(=O)CCCCCN)cc2)c1=O. The number of aliphatic carboxylic acids is 1. The molecule has 0 saturated heterocycles. The van der Waals surface area contributed by atoms with Gasteiger partial charge in [-0.2, -0.15) is 0 Å². The van der Waals surface area contributed by atoms with Crippen molar-refractivity contribution in [2.45, 2.75) is 103 Å². The fourth-order valence-corrected chi connectivity index (χ4v) is 6.20. The van der Waals surface area contributed by atoms with E-state index in [1.165, 1.54) is 4.57 Å². The smallest absolute Gasteiger partial charge is 0.332 e. The Morgan fingerprint density at radius 3 is 2.30 bits per heavy atom. The monoisotopic (exact) mass is 746 g/mol. The van der Waals surface area contributed by atoms with Gasteiger partial charge in [0.25, 0.3) is 5.56 Å². The molecule has 4 rings (SSSR count). The van der Waals surface area contributed by atoms with Crippen molar-refractivity contribution < 1.29 is 24.6 Å². The number of unbranched alkanes of at least 4 members (excludes halogenated alkanes) is 2. The van der Waals surface area contributed by atoms with Gasteiger partial charge in [0.1, 0.15) is 11.9 Å². The van der Waals surface area contributed by atoms with Gasteiger partial charge in [0.05, 0.1) is 12.5 Å². The second kappa shape index (κ2) is 20.9. The van der Waals surface area contributed by atoms with Gasteiger partial charge in [0, 0.05) is 51.3 Å². The van der Waals surface area contributed by atoms with Crippen molar-refractivity contribution in [2.75, 3.05) is 25.0 Å². The molecule has 2 amide bonds. The molecule has 2 aromatic heterocycles. The lowest BCUT2D eigenvalue weighted by Gasteiger charge is -2.17. The van der Waals surface area contributed by atoms with E-state index in [-0.39, 0.29) is 19.5 Å². The topological polar surface area (TPSA) is 216 Å². The first-order valence-corrected chi connectivity index (χ1v) is 18.8. The number of carbonyl (C=O) groups is 3. The van der Waals surface area contributed by atoms with E-state index in [2.05, 4.69) is 16.0 Å². The summed E-state index contributed by atoms with van der Waals surface area (Å²) in [4.78, 5) is 69.5. The maximum atomic E-state index is 13.9. The van der Waals surface area contributed by atoms with E-state index in [0.717, 1.165) is 24.0 Å². The van der Waals surface area contributed by atoms with E-state index in [0.29, 0.717) is 81.0 Å². The number of rotatable bonds is 23. The lowest BCUT2D eigenvalue weighted by molar-refractivity contribution is -0.139. The van der Waals surface area contributed by atoms with Gasteiger partial charge in [-0.05, 0) is 61.9 Å². The number of imidazole rings is 1. The van der Waals surface area contributed by atoms with Crippen molar-refractivity contribution in [3.63, 3.8) is 0 Å². The van der Waals surface area contributed by atoms with Gasteiger partial charge in [-0.15, -0.1) is 0 Å². The van der Waals surface area contributed by atoms with Crippen LogP contribution in [0, 0.1) is 0 Å². The largest absolute Gasteiger partial charge is 0.481 e. The average Bonchev–Trinajstić information content (AvgIpc) is 3.51. The molecule has 292 valence electrons. The van der Waals surface area contributed by atoms with Crippen molar-refractivity contribution in [1.82, 2.24) is 29.3 Å². The molecule has 0 spiro atoms. The number of aromatic nitrogens is 4. The Kier molecular flexibility index (Phi) is 16.1. The van der Waals surface area contributed by atoms with Crippen LogP contribution in [0.4, 0.5) is 5.69 Å². The van der Waals surface area contributed by atoms with Crippen LogP contribution < -0.4 is 32.9 Å². The third kappa shape index (κ3) is 11.7. The normalized spacial score (nSPS) is 12.4. The molecule has 54 heavy (non-hydrogen) atoms. The van der Waals surface area contributed by atoms with Crippen LogP contribution in [0.15, 0.2) is 64.2 Å². The van der Waals surface area contributed by atoms with Crippen molar-refractivity contribution in [1.29, 1.82) is 0 Å². The summed E-state index contributed by atoms with van der Waals surface area (Å²) in [5.74, 6) is -1.62. The van der Waals surface area contributed by atoms with Gasteiger partial charge in [-0.25, -0.2) is 9.78 Å². The van der Waals surface area contributed by atoms with Gasteiger partial charge in [0.2, 0.25) is 11.8 Å². The molecule has 0 bridgehead atoms. The van der Waals surface area contributed by atoms with E-state index in [9.17, 15) is 34.2 Å². The molecule has 7 N–H and O–H groups in total. The minimum atomic E-state index is -1.25. The average molecular weight is 747 g/mol. The number of hydrogen-bond acceptors (Lipinski definition) is 9. The lowest BCUT2D eigenvalue weighted by atomic mass is 10.1. The number of nitrogens with zero attached hydrogens (tertiary/aromatic N) is 4. The fraction of sp³-hybridized carbons (Fsp3) is 0.487. The van der Waals surface area contributed by atoms with Crippen LogP contribution in [0.5, 0.6) is 0 Å². The van der Waals surface area contributed by atoms with E-state index in [4.69, 9.17) is 10.7 Å². The summed E-state index contributed by atoms with van der Waals surface area (Å²) in [6.45, 7) is 6.13. The lowest BCUT2D eigenvalue weighted by Crippen LogP contribution is -2.45. The van der Waals surface area contributed by atoms with Crippen LogP contribution in [0.3, 0.4) is 0 Å². The molecule has 2 heterocycles. The first-order chi connectivity index (χ1) is 26.1. The maximum absolute atomic E-state index is 13.9. The van der Waals surface area contributed by atoms with Gasteiger partial charge in [-0.3, -0.25) is 28.3 Å². The predicted octanol–water partition coefficient (Wildman–Crippen LogP) is 2.38. The molecule has 0 aliphatic rings. The molecule has 15 nitrogen and oxygen atoms in total. The second-order valence-electron chi connectivity index (χ2n) is 13.4. The van der Waals surface area contributed by atoms with Crippen LogP contribution >= 0.6 is 0 Å². The number of benzene rings is 2. The summed E-state index contributed by atoms with van der Waals surface area (Å²) in [6, 6.07) is 15.5. The van der Waals surface area contributed by atoms with Crippen molar-refractivity contribution in [3.8, 4) is 0 Å². The number of aliphatic hydroxyl groups excluding tert-OH is 1. The molecule has 2 aromatic carbocycles. The standard InChI is InChI=1S/C39H54N8O7/c1-3-21-47-38(53)35-36(44-32(24-28-11-7-5-8-12-28)45(35)23-20-41-26-30(48)4-2)46(39(47)54)22-18-27-14-16-29(17-15-27)42-37(52)31(25-34(50)51)43-33(49)13-9-6-10-19-40/h5,7-8,11-12,14-17,30-31,41,48H,3-4,6,9-10,13,18-26,40H2,1-2H3,(H,42,52)(H,43,49)(H,50,51). The summed E-state index contributed by atoms with van der Waals surface area (Å²) >= 11 is 0. The number of carbonyl (C=O) groups excluding carboxylic acids is 2. The number of aryl methyl sites for hydroxylation is 2. The van der Waals surface area contributed by atoms with Crippen LogP contribution in [-0.4, -0.2) is 78.5 Å². The minimum Gasteiger partial charge on any atom is -0.481 e. The zero-order chi connectivity index (χ0) is 39.0. The third-order valence-electron chi connectivity index (χ3n) is 9.19. The molecule has 15 heteroatoms. The quantitative estimate of drug-likeness (QED) is 0.0610. The third-order valence-corrected chi connectivity index (χ3v) is 9.19. The summed E-state index contributed by atoms with van der Waals surface area (Å²) < 4.78 is 4.71. The number of carboxylic acid groups (broad SMARTS) is 1. The van der Waals surface area contributed by atoms with Gasteiger partial charge in [0.15, 0.2) is 11.2 Å². The highest BCUT2D eigenvalue weighted by molar-refractivity contribution is 5.99. The van der Waals surface area contributed by atoms with Crippen molar-refractivity contribution in [3.05, 3.63) is 92.4 Å². The number of amides is 2. The first-order valence-electron chi connectivity index (χ1n) is 18.8. The molecule has 0 saturated carbocycles. The Hall–Kier alpha value is -5.12. The Labute approximate surface area is 314 Å². The highest BCUT2D eigenvalue weighted by atomic mass is 16.4. The number of carboxylic acids is 1. The highest BCUT2D eigenvalue weighted by Gasteiger charge is 2.24.